The maximum Gasteiger partial charge on any atom is 0.297 e. The van der Waals surface area contributed by atoms with Crippen molar-refractivity contribution < 1.29 is 13.9 Å². The van der Waals surface area contributed by atoms with Crippen LogP contribution in [0.25, 0.3) is 22.1 Å². The molecule has 0 aliphatic carbocycles. The monoisotopic (exact) mass is 391 g/mol. The first kappa shape index (κ1) is 18.7. The molecule has 0 fully saturated rings. The van der Waals surface area contributed by atoms with E-state index in [1.165, 1.54) is 10.9 Å². The van der Waals surface area contributed by atoms with Gasteiger partial charge >= 0.3 is 0 Å². The number of ether oxygens (including phenoxy) is 1. The Bertz CT molecular complexity index is 1220. The number of carbonyl (C=O) groups is 1. The molecule has 1 amide bonds. The van der Waals surface area contributed by atoms with E-state index in [0.717, 1.165) is 16.7 Å². The highest BCUT2D eigenvalue weighted by Gasteiger charge is 2.14. The maximum atomic E-state index is 12.7. The van der Waals surface area contributed by atoms with Gasteiger partial charge in [0, 0.05) is 11.9 Å². The van der Waals surface area contributed by atoms with Crippen LogP contribution in [0.5, 0.6) is 5.75 Å². The number of benzene rings is 2. The first-order valence-corrected chi connectivity index (χ1v) is 9.40. The number of hydrogen-bond donors (Lipinski definition) is 1. The fourth-order valence-corrected chi connectivity index (χ4v) is 3.10. The Hall–Kier alpha value is -3.61. The second kappa shape index (κ2) is 7.79. The van der Waals surface area contributed by atoms with Gasteiger partial charge in [0.2, 0.25) is 11.5 Å². The van der Waals surface area contributed by atoms with Crippen LogP contribution in [-0.4, -0.2) is 21.6 Å². The minimum Gasteiger partial charge on any atom is -0.491 e. The molecule has 1 N–H and O–H groups in total. The van der Waals surface area contributed by atoms with E-state index < -0.39 is 0 Å². The Balaban J connectivity index is 1.44. The fourth-order valence-electron chi connectivity index (χ4n) is 3.10. The third kappa shape index (κ3) is 3.99. The van der Waals surface area contributed by atoms with E-state index in [4.69, 9.17) is 9.15 Å². The Morgan fingerprint density at radius 3 is 2.69 bits per heavy atom. The van der Waals surface area contributed by atoms with Gasteiger partial charge in [-0.05, 0) is 43.7 Å². The third-order valence-electron chi connectivity index (χ3n) is 4.45. The summed E-state index contributed by atoms with van der Waals surface area (Å²) < 4.78 is 12.5. The molecule has 0 saturated carbocycles. The zero-order valence-electron chi connectivity index (χ0n) is 16.2. The summed E-state index contributed by atoms with van der Waals surface area (Å²) in [6, 6.07) is 14.8. The molecule has 2 aromatic heterocycles. The lowest BCUT2D eigenvalue weighted by atomic mass is 10.2. The highest BCUT2D eigenvalue weighted by atomic mass is 16.5. The Morgan fingerprint density at radius 2 is 1.93 bits per heavy atom. The number of furan rings is 1. The summed E-state index contributed by atoms with van der Waals surface area (Å²) in [4.78, 5) is 29.3. The van der Waals surface area contributed by atoms with Gasteiger partial charge in [-0.25, -0.2) is 4.98 Å². The largest absolute Gasteiger partial charge is 0.491 e. The molecule has 7 nitrogen and oxygen atoms in total. The number of nitrogens with one attached hydrogen (secondary N) is 1. The minimum atomic E-state index is -0.378. The van der Waals surface area contributed by atoms with Gasteiger partial charge in [0.05, 0.1) is 12.4 Å². The predicted octanol–water partition coefficient (Wildman–Crippen LogP) is 3.25. The van der Waals surface area contributed by atoms with Gasteiger partial charge < -0.3 is 14.5 Å². The quantitative estimate of drug-likeness (QED) is 0.545. The summed E-state index contributed by atoms with van der Waals surface area (Å²) in [5.41, 5.74) is 1.82. The van der Waals surface area contributed by atoms with E-state index >= 15 is 0 Å². The van der Waals surface area contributed by atoms with Crippen molar-refractivity contribution >= 4 is 28.0 Å². The van der Waals surface area contributed by atoms with Crippen LogP contribution >= 0.6 is 0 Å². The number of fused-ring (bicyclic) bond motifs is 3. The number of aromatic nitrogens is 2. The highest BCUT2D eigenvalue weighted by molar-refractivity contribution is 6.01. The van der Waals surface area contributed by atoms with Crippen LogP contribution in [0.3, 0.4) is 0 Å². The summed E-state index contributed by atoms with van der Waals surface area (Å²) >= 11 is 0. The van der Waals surface area contributed by atoms with Gasteiger partial charge in [-0.15, -0.1) is 0 Å². The number of rotatable bonds is 6. The van der Waals surface area contributed by atoms with Crippen LogP contribution in [-0.2, 0) is 17.9 Å². The van der Waals surface area contributed by atoms with Crippen LogP contribution in [0.15, 0.2) is 64.1 Å². The van der Waals surface area contributed by atoms with E-state index in [0.29, 0.717) is 17.6 Å². The molecule has 29 heavy (non-hydrogen) atoms. The van der Waals surface area contributed by atoms with Gasteiger partial charge in [-0.3, -0.25) is 14.2 Å². The van der Waals surface area contributed by atoms with Gasteiger partial charge in [-0.2, -0.15) is 0 Å². The Kier molecular flexibility index (Phi) is 5.03. The van der Waals surface area contributed by atoms with Gasteiger partial charge in [0.1, 0.15) is 23.4 Å². The summed E-state index contributed by atoms with van der Waals surface area (Å²) in [7, 11) is 0. The van der Waals surface area contributed by atoms with Crippen molar-refractivity contribution in [2.45, 2.75) is 33.0 Å². The fraction of sp³-hybridized carbons (Fsp3) is 0.227. The average Bonchev–Trinajstić information content (AvgIpc) is 3.09. The molecule has 0 unspecified atom stereocenters. The van der Waals surface area contributed by atoms with Crippen molar-refractivity contribution in [2.24, 2.45) is 0 Å². The molecule has 2 heterocycles. The third-order valence-corrected chi connectivity index (χ3v) is 4.45. The van der Waals surface area contributed by atoms with Crippen LogP contribution in [0.4, 0.5) is 0 Å². The smallest absolute Gasteiger partial charge is 0.297 e. The lowest BCUT2D eigenvalue weighted by Crippen LogP contribution is -2.32. The van der Waals surface area contributed by atoms with Crippen LogP contribution in [0, 0.1) is 0 Å². The molecule has 148 valence electrons. The molecule has 0 bridgehead atoms. The number of para-hydroxylation sites is 1. The molecule has 0 atom stereocenters. The van der Waals surface area contributed by atoms with Gasteiger partial charge in [-0.1, -0.05) is 24.3 Å². The van der Waals surface area contributed by atoms with E-state index in [-0.39, 0.29) is 29.7 Å². The molecule has 0 spiro atoms. The standard InChI is InChI=1S/C22H21N3O4/c1-14(2)28-16-9-7-15(8-10-16)11-23-19(26)12-25-13-24-20-17-5-3-4-6-18(17)29-21(20)22(25)27/h3-10,13-14H,11-12H2,1-2H3,(H,23,26). The van der Waals surface area contributed by atoms with Crippen molar-refractivity contribution in [3.05, 3.63) is 70.8 Å². The van der Waals surface area contributed by atoms with Crippen LogP contribution in [0.1, 0.15) is 19.4 Å². The van der Waals surface area contributed by atoms with Crippen LogP contribution in [0.2, 0.25) is 0 Å². The SMILES string of the molecule is CC(C)Oc1ccc(CNC(=O)Cn2cnc3c(oc4ccccc43)c2=O)cc1. The molecular formula is C22H21N3O4. The number of hydrogen-bond acceptors (Lipinski definition) is 5. The second-order valence-electron chi connectivity index (χ2n) is 7.04. The molecule has 4 rings (SSSR count). The van der Waals surface area contributed by atoms with E-state index in [9.17, 15) is 9.59 Å². The summed E-state index contributed by atoms with van der Waals surface area (Å²) in [6.07, 6.45) is 1.49. The Labute approximate surface area is 166 Å². The van der Waals surface area contributed by atoms with Crippen molar-refractivity contribution in [1.82, 2.24) is 14.9 Å². The second-order valence-corrected chi connectivity index (χ2v) is 7.04. The molecule has 7 heteroatoms. The Morgan fingerprint density at radius 1 is 1.17 bits per heavy atom. The van der Waals surface area contributed by atoms with Crippen molar-refractivity contribution in [1.29, 1.82) is 0 Å². The normalized spacial score (nSPS) is 11.3. The number of carbonyl (C=O) groups excluding carboxylic acids is 1. The zero-order chi connectivity index (χ0) is 20.4. The number of nitrogens with zero attached hydrogens (tertiary/aromatic N) is 2. The summed E-state index contributed by atoms with van der Waals surface area (Å²) in [5, 5.41) is 3.59. The summed E-state index contributed by atoms with van der Waals surface area (Å²) in [6.45, 7) is 4.16. The molecule has 0 saturated heterocycles. The molecular weight excluding hydrogens is 370 g/mol. The van der Waals surface area contributed by atoms with Gasteiger partial charge in [0.15, 0.2) is 0 Å². The average molecular weight is 391 g/mol. The van der Waals surface area contributed by atoms with E-state index in [2.05, 4.69) is 10.3 Å². The van der Waals surface area contributed by atoms with Gasteiger partial charge in [0.25, 0.3) is 5.56 Å². The lowest BCUT2D eigenvalue weighted by molar-refractivity contribution is -0.121. The predicted molar refractivity (Wildman–Crippen MR) is 110 cm³/mol. The van der Waals surface area contributed by atoms with E-state index in [1.807, 2.05) is 56.3 Å². The van der Waals surface area contributed by atoms with E-state index in [1.54, 1.807) is 6.07 Å². The first-order chi connectivity index (χ1) is 14.0. The molecule has 0 aliphatic rings. The maximum absolute atomic E-state index is 12.7. The topological polar surface area (TPSA) is 86.4 Å². The lowest BCUT2D eigenvalue weighted by Gasteiger charge is -2.10. The minimum absolute atomic E-state index is 0.108. The molecule has 0 aliphatic heterocycles. The first-order valence-electron chi connectivity index (χ1n) is 9.40. The molecule has 0 radical (unpaired) electrons. The van der Waals surface area contributed by atoms with Crippen molar-refractivity contribution in [3.63, 3.8) is 0 Å². The molecule has 4 aromatic rings. The van der Waals surface area contributed by atoms with Crippen LogP contribution < -0.4 is 15.6 Å². The summed E-state index contributed by atoms with van der Waals surface area (Å²) in [5.74, 6) is 0.499. The molecule has 2 aromatic carbocycles. The zero-order valence-corrected chi connectivity index (χ0v) is 16.2. The number of amides is 1. The van der Waals surface area contributed by atoms with Crippen molar-refractivity contribution in [2.75, 3.05) is 0 Å². The van der Waals surface area contributed by atoms with Crippen molar-refractivity contribution in [3.8, 4) is 5.75 Å². The highest BCUT2D eigenvalue weighted by Crippen LogP contribution is 2.24.